The molecule has 1 aromatic heterocycles. The van der Waals surface area contributed by atoms with E-state index in [1.165, 1.54) is 6.20 Å². The van der Waals surface area contributed by atoms with Crippen LogP contribution in [0.3, 0.4) is 0 Å². The molecule has 8 nitrogen and oxygen atoms in total. The average molecular weight is 403 g/mol. The molecule has 0 amide bonds. The molecule has 1 aliphatic carbocycles. The molecular weight excluding hydrogens is 382 g/mol. The predicted molar refractivity (Wildman–Crippen MR) is 100 cm³/mol. The number of carbonyl (C=O) groups excluding carboxylic acids is 1. The van der Waals surface area contributed by atoms with Gasteiger partial charge < -0.3 is 9.47 Å². The molecule has 0 spiro atoms. The van der Waals surface area contributed by atoms with Gasteiger partial charge in [-0.05, 0) is 50.5 Å². The maximum absolute atomic E-state index is 13.1. The highest BCUT2D eigenvalue weighted by atomic mass is 32.2. The zero-order valence-corrected chi connectivity index (χ0v) is 16.5. The van der Waals surface area contributed by atoms with E-state index < -0.39 is 21.2 Å². The van der Waals surface area contributed by atoms with Crippen molar-refractivity contribution in [3.05, 3.63) is 46.8 Å². The summed E-state index contributed by atoms with van der Waals surface area (Å²) in [5.74, 6) is -0.723. The summed E-state index contributed by atoms with van der Waals surface area (Å²) in [6.45, 7) is 3.61. The third kappa shape index (κ3) is 4.34. The number of benzene rings is 1. The number of nitrogens with zero attached hydrogens (tertiary/aromatic N) is 2. The van der Waals surface area contributed by atoms with Crippen LogP contribution in [-0.2, 0) is 20.3 Å². The molecule has 28 heavy (non-hydrogen) atoms. The number of nitrogens with one attached hydrogen (secondary N) is 1. The number of aromatic nitrogens is 2. The average Bonchev–Trinajstić information content (AvgIpc) is 3.38. The lowest BCUT2D eigenvalue weighted by molar-refractivity contribution is 0.0518. The van der Waals surface area contributed by atoms with Gasteiger partial charge in [0.1, 0.15) is 11.4 Å². The van der Waals surface area contributed by atoms with E-state index in [2.05, 4.69) is 16.3 Å². The Bertz CT molecular complexity index is 1020. The second-order valence-electron chi connectivity index (χ2n) is 6.71. The number of aromatic amines is 1. The molecule has 1 aliphatic rings. The number of ether oxygens (including phenoxy) is 2. The maximum atomic E-state index is 13.1. The van der Waals surface area contributed by atoms with Gasteiger partial charge in [-0.3, -0.25) is 5.10 Å². The molecule has 1 heterocycles. The molecule has 2 aromatic rings. The van der Waals surface area contributed by atoms with Crippen LogP contribution < -0.4 is 4.74 Å². The Hall–Kier alpha value is -2.86. The second kappa shape index (κ2) is 8.02. The lowest BCUT2D eigenvalue weighted by atomic mass is 10.1. The topological polar surface area (TPSA) is 122 Å². The smallest absolute Gasteiger partial charge is 0.356 e. The molecule has 1 N–H and O–H groups in total. The molecule has 148 valence electrons. The van der Waals surface area contributed by atoms with Gasteiger partial charge in [0.2, 0.25) is 5.44 Å². The number of aryl methyl sites for hydroxylation is 1. The Balaban J connectivity index is 1.82. The van der Waals surface area contributed by atoms with E-state index in [4.69, 9.17) is 14.7 Å². The minimum Gasteiger partial charge on any atom is -0.474 e. The fourth-order valence-corrected chi connectivity index (χ4v) is 4.83. The van der Waals surface area contributed by atoms with Gasteiger partial charge in [-0.2, -0.15) is 10.4 Å². The first-order chi connectivity index (χ1) is 13.4. The Labute approximate surface area is 163 Å². The van der Waals surface area contributed by atoms with Crippen LogP contribution in [-0.4, -0.2) is 36.6 Å². The van der Waals surface area contributed by atoms with E-state index in [0.29, 0.717) is 16.9 Å². The summed E-state index contributed by atoms with van der Waals surface area (Å²) in [6.07, 6.45) is 2.84. The summed E-state index contributed by atoms with van der Waals surface area (Å²) in [6, 6.07) is 6.93. The highest BCUT2D eigenvalue weighted by molar-refractivity contribution is 7.91. The van der Waals surface area contributed by atoms with Crippen molar-refractivity contribution >= 4 is 15.8 Å². The molecule has 1 fully saturated rings. The number of hydrogen-bond acceptors (Lipinski definition) is 7. The number of nitriles is 1. The normalized spacial score (nSPS) is 14.9. The van der Waals surface area contributed by atoms with Gasteiger partial charge >= 0.3 is 5.97 Å². The first kappa shape index (κ1) is 19.9. The van der Waals surface area contributed by atoms with Gasteiger partial charge in [0.15, 0.2) is 9.84 Å². The van der Waals surface area contributed by atoms with Gasteiger partial charge in [-0.15, -0.1) is 0 Å². The SMILES string of the molecule is CCOC(=O)c1[nH]ncc1CS(=O)(=O)C(Oc1ccc(C#N)c(C)c1)C1CC1. The van der Waals surface area contributed by atoms with Crippen molar-refractivity contribution in [2.45, 2.75) is 37.9 Å². The molecule has 0 aliphatic heterocycles. The van der Waals surface area contributed by atoms with Gasteiger partial charge in [-0.25, -0.2) is 13.2 Å². The van der Waals surface area contributed by atoms with E-state index in [9.17, 15) is 13.2 Å². The molecule has 0 bridgehead atoms. The van der Waals surface area contributed by atoms with Crippen LogP contribution in [0, 0.1) is 24.2 Å². The van der Waals surface area contributed by atoms with E-state index >= 15 is 0 Å². The lowest BCUT2D eigenvalue weighted by Crippen LogP contribution is -2.31. The first-order valence-electron chi connectivity index (χ1n) is 8.94. The standard InChI is InChI=1S/C19H21N3O5S/c1-3-26-18(23)17-15(10-21-22-17)11-28(24,25)19(13-4-5-13)27-16-7-6-14(9-20)12(2)8-16/h6-8,10,13,19H,3-5,11H2,1-2H3,(H,21,22). The first-order valence-corrected chi connectivity index (χ1v) is 10.7. The molecule has 1 aromatic carbocycles. The van der Waals surface area contributed by atoms with Crippen molar-refractivity contribution in [3.63, 3.8) is 0 Å². The summed E-state index contributed by atoms with van der Waals surface area (Å²) in [4.78, 5) is 12.0. The molecule has 1 saturated carbocycles. The van der Waals surface area contributed by atoms with Crippen molar-refractivity contribution < 1.29 is 22.7 Å². The van der Waals surface area contributed by atoms with Crippen molar-refractivity contribution in [1.29, 1.82) is 5.26 Å². The third-order valence-corrected chi connectivity index (χ3v) is 6.39. The minimum absolute atomic E-state index is 0.0363. The monoisotopic (exact) mass is 403 g/mol. The van der Waals surface area contributed by atoms with Crippen LogP contribution in [0.1, 0.15) is 46.9 Å². The number of carbonyl (C=O) groups is 1. The predicted octanol–water partition coefficient (Wildman–Crippen LogP) is 2.50. The second-order valence-corrected chi connectivity index (χ2v) is 8.79. The fourth-order valence-electron chi connectivity index (χ4n) is 2.90. The Morgan fingerprint density at radius 3 is 2.79 bits per heavy atom. The number of hydrogen-bond donors (Lipinski definition) is 1. The molecule has 0 radical (unpaired) electrons. The van der Waals surface area contributed by atoms with Gasteiger partial charge in [0.05, 0.1) is 30.2 Å². The highest BCUT2D eigenvalue weighted by Gasteiger charge is 2.42. The summed E-state index contributed by atoms with van der Waals surface area (Å²) >= 11 is 0. The summed E-state index contributed by atoms with van der Waals surface area (Å²) in [5.41, 5.74) is 0.490. The van der Waals surface area contributed by atoms with Gasteiger partial charge in [0, 0.05) is 11.5 Å². The quantitative estimate of drug-likeness (QED) is 0.672. The minimum atomic E-state index is -3.73. The van der Waals surface area contributed by atoms with Crippen LogP contribution in [0.5, 0.6) is 5.75 Å². The fraction of sp³-hybridized carbons (Fsp3) is 0.421. The zero-order chi connectivity index (χ0) is 20.3. The van der Waals surface area contributed by atoms with Gasteiger partial charge in [0.25, 0.3) is 0 Å². The molecule has 3 rings (SSSR count). The van der Waals surface area contributed by atoms with Crippen LogP contribution >= 0.6 is 0 Å². The number of rotatable bonds is 8. The molecule has 0 saturated heterocycles. The van der Waals surface area contributed by atoms with Crippen molar-refractivity contribution in [1.82, 2.24) is 10.2 Å². The van der Waals surface area contributed by atoms with Gasteiger partial charge in [-0.1, -0.05) is 0 Å². The van der Waals surface area contributed by atoms with Crippen LogP contribution in [0.15, 0.2) is 24.4 Å². The van der Waals surface area contributed by atoms with E-state index in [-0.39, 0.29) is 29.5 Å². The van der Waals surface area contributed by atoms with Crippen molar-refractivity contribution in [3.8, 4) is 11.8 Å². The summed E-state index contributed by atoms with van der Waals surface area (Å²) in [7, 11) is -3.73. The summed E-state index contributed by atoms with van der Waals surface area (Å²) in [5, 5.41) is 15.3. The highest BCUT2D eigenvalue weighted by Crippen LogP contribution is 2.38. The Morgan fingerprint density at radius 1 is 1.43 bits per heavy atom. The molecular formula is C19H21N3O5S. The van der Waals surface area contributed by atoms with E-state index in [1.54, 1.807) is 32.0 Å². The van der Waals surface area contributed by atoms with E-state index in [1.807, 2.05) is 0 Å². The van der Waals surface area contributed by atoms with Crippen molar-refractivity contribution in [2.75, 3.05) is 6.61 Å². The van der Waals surface area contributed by atoms with Crippen LogP contribution in [0.25, 0.3) is 0 Å². The largest absolute Gasteiger partial charge is 0.474 e. The lowest BCUT2D eigenvalue weighted by Gasteiger charge is -2.19. The number of esters is 1. The number of H-pyrrole nitrogens is 1. The van der Waals surface area contributed by atoms with Crippen LogP contribution in [0.2, 0.25) is 0 Å². The Morgan fingerprint density at radius 2 is 2.18 bits per heavy atom. The van der Waals surface area contributed by atoms with Crippen molar-refractivity contribution in [2.24, 2.45) is 5.92 Å². The van der Waals surface area contributed by atoms with Crippen LogP contribution in [0.4, 0.5) is 0 Å². The zero-order valence-electron chi connectivity index (χ0n) is 15.6. The van der Waals surface area contributed by atoms with E-state index in [0.717, 1.165) is 12.8 Å². The summed E-state index contributed by atoms with van der Waals surface area (Å²) < 4.78 is 36.9. The molecule has 1 unspecified atom stereocenters. The molecule has 1 atom stereocenters. The maximum Gasteiger partial charge on any atom is 0.356 e. The third-order valence-electron chi connectivity index (χ3n) is 4.49. The Kier molecular flexibility index (Phi) is 5.70. The number of sulfone groups is 1. The molecule has 9 heteroatoms.